The first-order valence-electron chi connectivity index (χ1n) is 20.4. The first kappa shape index (κ1) is 57.1. The van der Waals surface area contributed by atoms with E-state index in [1.54, 1.807) is 83.1 Å². The molecular weight excluding hydrogens is 849 g/mol. The van der Waals surface area contributed by atoms with Gasteiger partial charge in [-0.3, -0.25) is 14.2 Å². The summed E-state index contributed by atoms with van der Waals surface area (Å²) in [6.45, 7) is 11.2. The molecule has 0 saturated carbocycles. The van der Waals surface area contributed by atoms with Gasteiger partial charge < -0.3 is 18.9 Å². The van der Waals surface area contributed by atoms with Crippen LogP contribution in [0.4, 0.5) is 0 Å². The van der Waals surface area contributed by atoms with Crippen LogP contribution in [0.5, 0.6) is 0 Å². The maximum atomic E-state index is 12.2. The molecule has 1 aliphatic heterocycles. The number of benzene rings is 5. The molecule has 12 heteroatoms. The van der Waals surface area contributed by atoms with Crippen molar-refractivity contribution in [2.24, 2.45) is 0 Å². The Labute approximate surface area is 421 Å². The van der Waals surface area contributed by atoms with Crippen LogP contribution in [-0.4, -0.2) is 44.6 Å². The molecule has 5 aromatic carbocycles. The van der Waals surface area contributed by atoms with E-state index in [0.717, 1.165) is 53.6 Å². The van der Waals surface area contributed by atoms with Gasteiger partial charge in [0.1, 0.15) is 12.6 Å². The van der Waals surface area contributed by atoms with Crippen molar-refractivity contribution in [2.75, 3.05) is 26.4 Å². The summed E-state index contributed by atoms with van der Waals surface area (Å²) in [5.41, 5.74) is 7.54. The molecule has 10 nitrogen and oxygen atoms in total. The molecule has 1 fully saturated rings. The third kappa shape index (κ3) is 26.0. The molecule has 0 spiro atoms. The molecule has 0 amide bonds. The first-order valence-corrected chi connectivity index (χ1v) is 22.1. The van der Waals surface area contributed by atoms with Gasteiger partial charge in [-0.1, -0.05) is 130 Å². The average molecular weight is 904 g/mol. The van der Waals surface area contributed by atoms with Gasteiger partial charge in [-0.05, 0) is 90.9 Å². The molecule has 0 aromatic heterocycles. The molecule has 5 aromatic rings. The zero-order chi connectivity index (χ0) is 46.4. The predicted octanol–water partition coefficient (Wildman–Crippen LogP) is 8.35. The minimum atomic E-state index is -3.05. The summed E-state index contributed by atoms with van der Waals surface area (Å²) in [6, 6.07) is 42.9. The second kappa shape index (κ2) is 32.7. The van der Waals surface area contributed by atoms with E-state index in [4.69, 9.17) is 29.6 Å². The Kier molecular flexibility index (Phi) is 29.2. The molecule has 0 aliphatic carbocycles. The van der Waals surface area contributed by atoms with Gasteiger partial charge in [0.2, 0.25) is 0 Å². The molecule has 64 heavy (non-hydrogen) atoms. The standard InChI is InChI=1S/C24H16N2.C12H16NO3P.C8H6O2.C4H8O.C4H9O.K/c25-17-23-13-9-21(10-14-23)7-5-19-1-2-20(4-3-19)6-8-22-11-15-24(18-26)16-12-22;1-3-15-17(14,16-4-2)10-12-7-5-11(9-13)6-8-12;9-5-7-1-2-8(6-10)4-3-7;1-2-4-5-3-1;1-4(2,3)5;/h1-16H;5-8H,3-4,10H2,1-2H3;1-6H;1-4H2;1-3H3;/q;;;;-1;+1/b7-5+,8-6+;;;;;. The van der Waals surface area contributed by atoms with Crippen LogP contribution in [0.2, 0.25) is 0 Å². The number of ether oxygens (including phenoxy) is 1. The van der Waals surface area contributed by atoms with Crippen LogP contribution in [0.3, 0.4) is 0 Å². The maximum absolute atomic E-state index is 12.2. The number of nitriles is 3. The topological polar surface area (TPSA) is 173 Å². The number of aldehydes is 2. The molecule has 1 heterocycles. The van der Waals surface area contributed by atoms with E-state index in [0.29, 0.717) is 41.0 Å². The molecule has 1 aliphatic rings. The van der Waals surface area contributed by atoms with E-state index in [1.807, 2.05) is 66.8 Å². The van der Waals surface area contributed by atoms with Crippen LogP contribution < -0.4 is 56.5 Å². The fourth-order valence-corrected chi connectivity index (χ4v) is 6.74. The molecular formula is C52H55KN3O7P. The Morgan fingerprint density at radius 1 is 0.562 bits per heavy atom. The quantitative estimate of drug-likeness (QED) is 0.0513. The molecule has 0 unspecified atom stereocenters. The van der Waals surface area contributed by atoms with Crippen molar-refractivity contribution in [3.05, 3.63) is 177 Å². The van der Waals surface area contributed by atoms with Gasteiger partial charge >= 0.3 is 59.0 Å². The minimum Gasteiger partial charge on any atom is -0.850 e. The number of hydrogen-bond acceptors (Lipinski definition) is 10. The summed E-state index contributed by atoms with van der Waals surface area (Å²) in [7, 11) is -3.05. The van der Waals surface area contributed by atoms with E-state index in [2.05, 4.69) is 48.6 Å². The third-order valence-electron chi connectivity index (χ3n) is 8.10. The molecule has 0 N–H and O–H groups in total. The van der Waals surface area contributed by atoms with Crippen LogP contribution in [-0.2, 0) is 24.5 Å². The minimum absolute atomic E-state index is 0. The van der Waals surface area contributed by atoms with Gasteiger partial charge in [0, 0.05) is 24.3 Å². The van der Waals surface area contributed by atoms with Crippen LogP contribution in [0, 0.1) is 34.0 Å². The van der Waals surface area contributed by atoms with E-state index in [-0.39, 0.29) is 57.5 Å². The van der Waals surface area contributed by atoms with Gasteiger partial charge in [0.25, 0.3) is 0 Å². The van der Waals surface area contributed by atoms with Gasteiger partial charge in [-0.15, -0.1) is 5.60 Å². The monoisotopic (exact) mass is 903 g/mol. The predicted molar refractivity (Wildman–Crippen MR) is 249 cm³/mol. The third-order valence-corrected chi connectivity index (χ3v) is 10.2. The van der Waals surface area contributed by atoms with E-state index in [9.17, 15) is 19.3 Å². The van der Waals surface area contributed by atoms with Crippen LogP contribution >= 0.6 is 7.60 Å². The second-order valence-corrected chi connectivity index (χ2v) is 16.6. The van der Waals surface area contributed by atoms with Crippen LogP contribution in [0.1, 0.15) is 113 Å². The Balaban J connectivity index is 0.000000460. The summed E-state index contributed by atoms with van der Waals surface area (Å²) in [5.74, 6) is 0. The van der Waals surface area contributed by atoms with Gasteiger partial charge in [0.15, 0.2) is 0 Å². The first-order chi connectivity index (χ1) is 30.3. The molecule has 0 radical (unpaired) electrons. The zero-order valence-corrected chi connectivity index (χ0v) is 41.6. The normalized spacial score (nSPS) is 11.5. The number of hydrogen-bond donors (Lipinski definition) is 0. The summed E-state index contributed by atoms with van der Waals surface area (Å²) >= 11 is 0. The molecule has 0 atom stereocenters. The Hall–Kier alpha value is -4.90. The van der Waals surface area contributed by atoms with Crippen molar-refractivity contribution in [1.82, 2.24) is 0 Å². The van der Waals surface area contributed by atoms with Crippen LogP contribution in [0.25, 0.3) is 24.3 Å². The Morgan fingerprint density at radius 2 is 0.828 bits per heavy atom. The van der Waals surface area contributed by atoms with Gasteiger partial charge in [0.05, 0.1) is 54.3 Å². The second-order valence-electron chi connectivity index (χ2n) is 14.5. The van der Waals surface area contributed by atoms with Crippen LogP contribution in [0.15, 0.2) is 121 Å². The Morgan fingerprint density at radius 3 is 1.06 bits per heavy atom. The average Bonchev–Trinajstić information content (AvgIpc) is 3.90. The summed E-state index contributed by atoms with van der Waals surface area (Å²) in [5, 5.41) is 36.4. The maximum Gasteiger partial charge on any atom is 1.00 e. The summed E-state index contributed by atoms with van der Waals surface area (Å²) in [6.07, 6.45) is 12.4. The van der Waals surface area contributed by atoms with E-state index in [1.165, 1.54) is 12.8 Å². The number of carbonyl (C=O) groups excluding carboxylic acids is 2. The van der Waals surface area contributed by atoms with Crippen molar-refractivity contribution in [2.45, 2.75) is 59.2 Å². The summed E-state index contributed by atoms with van der Waals surface area (Å²) < 4.78 is 27.6. The fourth-order valence-electron chi connectivity index (χ4n) is 5.03. The van der Waals surface area contributed by atoms with Gasteiger partial charge in [-0.25, -0.2) is 0 Å². The molecule has 0 bridgehead atoms. The van der Waals surface area contributed by atoms with Crippen molar-refractivity contribution in [3.8, 4) is 18.2 Å². The number of rotatable bonds is 12. The van der Waals surface area contributed by atoms with Crippen molar-refractivity contribution < 1.29 is 84.4 Å². The SMILES string of the molecule is C1CCOC1.CC(C)(C)[O-].CCOP(=O)(Cc1ccc(C#N)cc1)OCC.N#Cc1ccc(/C=C/c2ccc(/C=C/c3ccc(C#N)cc3)cc2)cc1.O=Cc1ccc(C=O)cc1.[K+]. The van der Waals surface area contributed by atoms with E-state index < -0.39 is 13.2 Å². The zero-order valence-electron chi connectivity index (χ0n) is 37.6. The van der Waals surface area contributed by atoms with Crippen molar-refractivity contribution in [1.29, 1.82) is 15.8 Å². The molecule has 1 saturated heterocycles. The fraction of sp³-hybridized carbons (Fsp3) is 0.250. The van der Waals surface area contributed by atoms with Crippen molar-refractivity contribution >= 4 is 44.5 Å². The molecule has 6 rings (SSSR count). The largest absolute Gasteiger partial charge is 1.00 e. The Bertz CT molecular complexity index is 2200. The van der Waals surface area contributed by atoms with Crippen molar-refractivity contribution in [3.63, 3.8) is 0 Å². The molecule has 326 valence electrons. The smallest absolute Gasteiger partial charge is 0.850 e. The van der Waals surface area contributed by atoms with E-state index >= 15 is 0 Å². The summed E-state index contributed by atoms with van der Waals surface area (Å²) in [4.78, 5) is 20.2. The number of carbonyl (C=O) groups is 2. The van der Waals surface area contributed by atoms with Gasteiger partial charge in [-0.2, -0.15) is 15.8 Å². The number of nitrogens with zero attached hydrogens (tertiary/aromatic N) is 3.